The van der Waals surface area contributed by atoms with Gasteiger partial charge in [-0.2, -0.15) is 0 Å². The van der Waals surface area contributed by atoms with Gasteiger partial charge in [0.1, 0.15) is 11.9 Å². The van der Waals surface area contributed by atoms with Gasteiger partial charge in [-0.1, -0.05) is 17.8 Å². The lowest BCUT2D eigenvalue weighted by Crippen LogP contribution is -2.37. The lowest BCUT2D eigenvalue weighted by Gasteiger charge is -2.32. The minimum Gasteiger partial charge on any atom is -0.490 e. The summed E-state index contributed by atoms with van der Waals surface area (Å²) in [5, 5.41) is 3.63. The normalized spacial score (nSPS) is 15.2. The highest BCUT2D eigenvalue weighted by Crippen LogP contribution is 2.21. The molecule has 0 bridgehead atoms. The van der Waals surface area contributed by atoms with E-state index in [2.05, 4.69) is 20.2 Å². The molecule has 1 fully saturated rings. The van der Waals surface area contributed by atoms with Crippen LogP contribution in [0.15, 0.2) is 41.8 Å². The number of methoxy groups -OCH3 is 1. The maximum absolute atomic E-state index is 12.2. The third-order valence-electron chi connectivity index (χ3n) is 4.80. The van der Waals surface area contributed by atoms with E-state index in [0.29, 0.717) is 18.7 Å². The van der Waals surface area contributed by atoms with Crippen LogP contribution >= 0.6 is 11.8 Å². The van der Waals surface area contributed by atoms with Crippen molar-refractivity contribution in [3.63, 3.8) is 0 Å². The summed E-state index contributed by atoms with van der Waals surface area (Å²) in [5.74, 6) is 0.626. The van der Waals surface area contributed by atoms with Crippen LogP contribution in [0.1, 0.15) is 28.8 Å². The first-order chi connectivity index (χ1) is 14.2. The molecule has 1 aromatic heterocycles. The molecule has 2 heterocycles. The molecule has 0 radical (unpaired) electrons. The molecular formula is C21H28N4O3S. The van der Waals surface area contributed by atoms with Crippen molar-refractivity contribution in [2.24, 2.45) is 0 Å². The van der Waals surface area contributed by atoms with Gasteiger partial charge in [0.05, 0.1) is 6.61 Å². The zero-order valence-electron chi connectivity index (χ0n) is 17.0. The number of thioether (sulfide) groups is 1. The number of carbonyl (C=O) groups is 1. The summed E-state index contributed by atoms with van der Waals surface area (Å²) in [6.45, 7) is 3.77. The van der Waals surface area contributed by atoms with Gasteiger partial charge >= 0.3 is 0 Å². The first-order valence-corrected chi connectivity index (χ1v) is 11.0. The second-order valence-corrected chi connectivity index (χ2v) is 7.72. The smallest absolute Gasteiger partial charge is 0.251 e. The van der Waals surface area contributed by atoms with Gasteiger partial charge in [-0.3, -0.25) is 9.69 Å². The van der Waals surface area contributed by atoms with Gasteiger partial charge in [0, 0.05) is 56.8 Å². The number of aromatic nitrogens is 2. The van der Waals surface area contributed by atoms with Crippen molar-refractivity contribution in [3.8, 4) is 5.75 Å². The number of likely N-dealkylation sites (tertiary alicyclic amines) is 1. The van der Waals surface area contributed by atoms with Crippen LogP contribution in [0, 0.1) is 0 Å². The minimum absolute atomic E-state index is 0.114. The molecule has 2 aromatic rings. The van der Waals surface area contributed by atoms with E-state index < -0.39 is 0 Å². The van der Waals surface area contributed by atoms with E-state index in [9.17, 15) is 4.79 Å². The van der Waals surface area contributed by atoms with Crippen molar-refractivity contribution >= 4 is 17.7 Å². The summed E-state index contributed by atoms with van der Waals surface area (Å²) in [6.07, 6.45) is 7.86. The quantitative estimate of drug-likeness (QED) is 0.382. The first kappa shape index (κ1) is 21.5. The third kappa shape index (κ3) is 6.69. The van der Waals surface area contributed by atoms with Crippen LogP contribution in [0.5, 0.6) is 5.75 Å². The Morgan fingerprint density at radius 1 is 1.28 bits per heavy atom. The molecule has 0 spiro atoms. The van der Waals surface area contributed by atoms with Crippen LogP contribution in [0.25, 0.3) is 0 Å². The van der Waals surface area contributed by atoms with Crippen LogP contribution < -0.4 is 10.1 Å². The monoisotopic (exact) mass is 416 g/mol. The Kier molecular flexibility index (Phi) is 8.27. The SMILES string of the molecule is COCCNC(=O)c1cccc(OC2CCN(Cc3cnc(SC)nc3)CC2)c1. The molecule has 1 N–H and O–H groups in total. The maximum Gasteiger partial charge on any atom is 0.251 e. The molecule has 8 heteroatoms. The summed E-state index contributed by atoms with van der Waals surface area (Å²) in [4.78, 5) is 23.3. The molecule has 29 heavy (non-hydrogen) atoms. The van der Waals surface area contributed by atoms with Gasteiger partial charge in [0.15, 0.2) is 5.16 Å². The Balaban J connectivity index is 1.46. The van der Waals surface area contributed by atoms with Crippen molar-refractivity contribution < 1.29 is 14.3 Å². The lowest BCUT2D eigenvalue weighted by molar-refractivity contribution is 0.0924. The van der Waals surface area contributed by atoms with Crippen LogP contribution in [-0.4, -0.2) is 66.5 Å². The van der Waals surface area contributed by atoms with Gasteiger partial charge in [-0.15, -0.1) is 0 Å². The topological polar surface area (TPSA) is 76.6 Å². The Labute approximate surface area is 176 Å². The Hall–Kier alpha value is -2.16. The summed E-state index contributed by atoms with van der Waals surface area (Å²) >= 11 is 1.55. The average molecular weight is 417 g/mol. The molecular weight excluding hydrogens is 388 g/mol. The van der Waals surface area contributed by atoms with E-state index >= 15 is 0 Å². The molecule has 1 aliphatic heterocycles. The van der Waals surface area contributed by atoms with Gasteiger partial charge in [-0.25, -0.2) is 9.97 Å². The number of rotatable bonds is 9. The van der Waals surface area contributed by atoms with Crippen molar-refractivity contribution in [1.82, 2.24) is 20.2 Å². The minimum atomic E-state index is -0.114. The van der Waals surface area contributed by atoms with Gasteiger partial charge in [-0.05, 0) is 37.3 Å². The fourth-order valence-electron chi connectivity index (χ4n) is 3.25. The van der Waals surface area contributed by atoms with Crippen molar-refractivity contribution in [1.29, 1.82) is 0 Å². The second kappa shape index (κ2) is 11.1. The first-order valence-electron chi connectivity index (χ1n) is 9.79. The third-order valence-corrected chi connectivity index (χ3v) is 5.37. The Morgan fingerprint density at radius 2 is 2.03 bits per heavy atom. The second-order valence-electron chi connectivity index (χ2n) is 6.95. The van der Waals surface area contributed by atoms with Gasteiger partial charge in [0.25, 0.3) is 5.91 Å². The molecule has 0 saturated carbocycles. The fraction of sp³-hybridized carbons (Fsp3) is 0.476. The zero-order valence-corrected chi connectivity index (χ0v) is 17.8. The summed E-state index contributed by atoms with van der Waals surface area (Å²) < 4.78 is 11.1. The number of benzene rings is 1. The van der Waals surface area contributed by atoms with E-state index in [1.165, 1.54) is 0 Å². The average Bonchev–Trinajstić information content (AvgIpc) is 2.76. The molecule has 0 unspecified atom stereocenters. The maximum atomic E-state index is 12.2. The van der Waals surface area contributed by atoms with E-state index in [1.807, 2.05) is 30.8 Å². The molecule has 7 nitrogen and oxygen atoms in total. The summed E-state index contributed by atoms with van der Waals surface area (Å²) in [5.41, 5.74) is 1.74. The van der Waals surface area contributed by atoms with E-state index in [4.69, 9.17) is 9.47 Å². The van der Waals surface area contributed by atoms with Crippen molar-refractivity contribution in [2.45, 2.75) is 30.6 Å². The number of amides is 1. The molecule has 156 valence electrons. The number of carbonyl (C=O) groups excluding carboxylic acids is 1. The highest BCUT2D eigenvalue weighted by Gasteiger charge is 2.21. The number of hydrogen-bond donors (Lipinski definition) is 1. The largest absolute Gasteiger partial charge is 0.490 e. The predicted octanol–water partition coefficient (Wildman–Crippen LogP) is 2.62. The van der Waals surface area contributed by atoms with Crippen molar-refractivity contribution in [2.75, 3.05) is 39.6 Å². The molecule has 3 rings (SSSR count). The zero-order chi connectivity index (χ0) is 20.5. The number of nitrogens with one attached hydrogen (secondary N) is 1. The molecule has 1 saturated heterocycles. The van der Waals surface area contributed by atoms with Crippen LogP contribution in [0.3, 0.4) is 0 Å². The highest BCUT2D eigenvalue weighted by molar-refractivity contribution is 7.98. The van der Waals surface area contributed by atoms with E-state index in [0.717, 1.165) is 48.9 Å². The van der Waals surface area contributed by atoms with Gasteiger partial charge in [0.2, 0.25) is 0 Å². The lowest BCUT2D eigenvalue weighted by atomic mass is 10.1. The molecule has 0 aliphatic carbocycles. The fourth-order valence-corrected chi connectivity index (χ4v) is 3.56. The predicted molar refractivity (Wildman–Crippen MR) is 113 cm³/mol. The number of ether oxygens (including phenoxy) is 2. The molecule has 0 atom stereocenters. The Morgan fingerprint density at radius 3 is 2.72 bits per heavy atom. The summed E-state index contributed by atoms with van der Waals surface area (Å²) in [6, 6.07) is 7.36. The van der Waals surface area contributed by atoms with Crippen molar-refractivity contribution in [3.05, 3.63) is 47.8 Å². The summed E-state index contributed by atoms with van der Waals surface area (Å²) in [7, 11) is 1.61. The Bertz CT molecular complexity index is 780. The number of hydrogen-bond acceptors (Lipinski definition) is 7. The van der Waals surface area contributed by atoms with Gasteiger partial charge < -0.3 is 14.8 Å². The van der Waals surface area contributed by atoms with Crippen LogP contribution in [0.2, 0.25) is 0 Å². The van der Waals surface area contributed by atoms with E-state index in [-0.39, 0.29) is 12.0 Å². The van der Waals surface area contributed by atoms with Crippen LogP contribution in [-0.2, 0) is 11.3 Å². The molecule has 1 amide bonds. The molecule has 1 aromatic carbocycles. The number of piperidine rings is 1. The van der Waals surface area contributed by atoms with E-state index in [1.54, 1.807) is 31.0 Å². The number of nitrogens with zero attached hydrogens (tertiary/aromatic N) is 3. The molecule has 1 aliphatic rings. The standard InChI is InChI=1S/C21H28N4O3S/c1-27-11-8-22-20(26)17-4-3-5-19(12-17)28-18-6-9-25(10-7-18)15-16-13-23-21(29-2)24-14-16/h3-5,12-14,18H,6-11,15H2,1-2H3,(H,22,26). The highest BCUT2D eigenvalue weighted by atomic mass is 32.2. The van der Waals surface area contributed by atoms with Crippen LogP contribution in [0.4, 0.5) is 0 Å².